The smallest absolute Gasteiger partial charge is 0.295 e. The molecule has 1 heterocycles. The Balaban J connectivity index is 1.79. The fourth-order valence-corrected chi connectivity index (χ4v) is 5.48. The van der Waals surface area contributed by atoms with E-state index in [9.17, 15) is 26.2 Å². The van der Waals surface area contributed by atoms with Gasteiger partial charge in [-0.2, -0.15) is 8.42 Å². The molecule has 0 saturated heterocycles. The maximum atomic E-state index is 13.7. The maximum Gasteiger partial charge on any atom is 0.295 e. The fourth-order valence-electron chi connectivity index (χ4n) is 4.23. The zero-order valence-electron chi connectivity index (χ0n) is 20.6. The number of furan rings is 1. The molecule has 3 aromatic carbocycles. The Morgan fingerprint density at radius 2 is 1.68 bits per heavy atom. The highest BCUT2D eigenvalue weighted by Crippen LogP contribution is 2.33. The molecule has 194 valence electrons. The van der Waals surface area contributed by atoms with Crippen LogP contribution in [0, 0.1) is 6.92 Å². The quantitative estimate of drug-likeness (QED) is 0.208. The highest BCUT2D eigenvalue weighted by molar-refractivity contribution is 7.92. The van der Waals surface area contributed by atoms with Gasteiger partial charge < -0.3 is 4.42 Å². The second kappa shape index (κ2) is 10.1. The van der Waals surface area contributed by atoms with E-state index in [-0.39, 0.29) is 10.7 Å². The molecule has 10 heteroatoms. The van der Waals surface area contributed by atoms with E-state index >= 15 is 0 Å². The summed E-state index contributed by atoms with van der Waals surface area (Å²) >= 11 is 0. The summed E-state index contributed by atoms with van der Waals surface area (Å²) in [5.74, 6) is 0.224. The predicted octanol–water partition coefficient (Wildman–Crippen LogP) is 5.60. The molecule has 0 atom stereocenters. The summed E-state index contributed by atoms with van der Waals surface area (Å²) in [5.41, 5.74) is 3.18. The number of carbonyl (C=O) groups is 1. The van der Waals surface area contributed by atoms with Gasteiger partial charge in [-0.1, -0.05) is 55.3 Å². The minimum Gasteiger partial charge on any atom is -0.460 e. The molecule has 1 aromatic heterocycles. The van der Waals surface area contributed by atoms with E-state index in [4.69, 9.17) is 4.42 Å². The molecule has 0 aliphatic heterocycles. The van der Waals surface area contributed by atoms with Crippen molar-refractivity contribution >= 4 is 42.6 Å². The third-order valence-corrected chi connectivity index (χ3v) is 7.44. The lowest BCUT2D eigenvalue weighted by Gasteiger charge is -2.10. The molecule has 0 radical (unpaired) electrons. The lowest BCUT2D eigenvalue weighted by molar-refractivity contribution is 0.103. The van der Waals surface area contributed by atoms with Crippen molar-refractivity contribution in [2.75, 3.05) is 11.0 Å². The van der Waals surface area contributed by atoms with Gasteiger partial charge in [0.2, 0.25) is 10.0 Å². The van der Waals surface area contributed by atoms with E-state index in [0.29, 0.717) is 51.1 Å². The van der Waals surface area contributed by atoms with E-state index in [1.807, 2.05) is 13.8 Å². The lowest BCUT2D eigenvalue weighted by atomic mass is 9.96. The standard InChI is InChI=1S/C27H27NO7S2/c1-4-5-6-24-26(22-16-20(28-36(3,30)31)12-13-23(22)35-24)27(29)19-10-8-18(9-11-19)21-15-17(2)7-14-25(21)37(32,33)34/h7-16,28H,4-6H2,1-3H3,(H,32,33,34). The van der Waals surface area contributed by atoms with Gasteiger partial charge >= 0.3 is 0 Å². The number of hydrogen-bond donors (Lipinski definition) is 2. The number of anilines is 1. The molecule has 0 aliphatic carbocycles. The van der Waals surface area contributed by atoms with Crippen LogP contribution in [0.3, 0.4) is 0 Å². The van der Waals surface area contributed by atoms with Gasteiger partial charge in [0.15, 0.2) is 5.78 Å². The van der Waals surface area contributed by atoms with Gasteiger partial charge in [-0.15, -0.1) is 0 Å². The van der Waals surface area contributed by atoms with E-state index in [0.717, 1.165) is 24.7 Å². The average Bonchev–Trinajstić information content (AvgIpc) is 3.18. The summed E-state index contributed by atoms with van der Waals surface area (Å²) in [6.07, 6.45) is 3.29. The Labute approximate surface area is 216 Å². The number of ketones is 1. The zero-order valence-corrected chi connectivity index (χ0v) is 22.2. The van der Waals surface area contributed by atoms with Crippen molar-refractivity contribution in [1.82, 2.24) is 0 Å². The Hall–Kier alpha value is -3.47. The average molecular weight is 542 g/mol. The van der Waals surface area contributed by atoms with Gasteiger partial charge in [-0.25, -0.2) is 8.42 Å². The molecule has 4 aromatic rings. The van der Waals surface area contributed by atoms with Crippen LogP contribution in [0.15, 0.2) is 70.0 Å². The topological polar surface area (TPSA) is 131 Å². The van der Waals surface area contributed by atoms with Gasteiger partial charge in [0.1, 0.15) is 16.2 Å². The number of benzene rings is 3. The fraction of sp³-hybridized carbons (Fsp3) is 0.222. The van der Waals surface area contributed by atoms with E-state index in [1.54, 1.807) is 54.6 Å². The number of carbonyl (C=O) groups excluding carboxylic acids is 1. The van der Waals surface area contributed by atoms with Gasteiger partial charge in [0.25, 0.3) is 10.1 Å². The number of aryl methyl sites for hydroxylation is 2. The molecule has 0 spiro atoms. The molecule has 0 amide bonds. The molecule has 0 aliphatic rings. The Morgan fingerprint density at radius 1 is 0.973 bits per heavy atom. The summed E-state index contributed by atoms with van der Waals surface area (Å²) in [5, 5.41) is 0.501. The van der Waals surface area contributed by atoms with Crippen molar-refractivity contribution in [1.29, 1.82) is 0 Å². The SMILES string of the molecule is CCCCc1oc2ccc(NS(C)(=O)=O)cc2c1C(=O)c1ccc(-c2cc(C)ccc2S(=O)(=O)O)cc1. The zero-order chi connectivity index (χ0) is 27.0. The van der Waals surface area contributed by atoms with Crippen molar-refractivity contribution < 1.29 is 30.6 Å². The van der Waals surface area contributed by atoms with Crippen LogP contribution >= 0.6 is 0 Å². The molecule has 37 heavy (non-hydrogen) atoms. The van der Waals surface area contributed by atoms with Crippen LogP contribution in [0.25, 0.3) is 22.1 Å². The lowest BCUT2D eigenvalue weighted by Crippen LogP contribution is -2.09. The minimum absolute atomic E-state index is 0.217. The van der Waals surface area contributed by atoms with Crippen molar-refractivity contribution in [3.05, 3.63) is 83.1 Å². The summed E-state index contributed by atoms with van der Waals surface area (Å²) in [7, 11) is -7.96. The second-order valence-corrected chi connectivity index (χ2v) is 12.1. The summed E-state index contributed by atoms with van der Waals surface area (Å²) < 4.78 is 65.3. The summed E-state index contributed by atoms with van der Waals surface area (Å²) in [6, 6.07) is 15.8. The Bertz CT molecular complexity index is 1700. The first-order valence-electron chi connectivity index (χ1n) is 11.6. The monoisotopic (exact) mass is 541 g/mol. The van der Waals surface area contributed by atoms with Gasteiger partial charge in [0.05, 0.1) is 11.8 Å². The molecular formula is C27H27NO7S2. The maximum absolute atomic E-state index is 13.7. The van der Waals surface area contributed by atoms with Gasteiger partial charge in [-0.05, 0) is 43.2 Å². The molecular weight excluding hydrogens is 514 g/mol. The number of sulfonamides is 1. The predicted molar refractivity (Wildman–Crippen MR) is 143 cm³/mol. The normalized spacial score (nSPS) is 12.1. The number of fused-ring (bicyclic) bond motifs is 1. The number of rotatable bonds is 9. The van der Waals surface area contributed by atoms with Crippen LogP contribution in [0.4, 0.5) is 5.69 Å². The molecule has 4 rings (SSSR count). The van der Waals surface area contributed by atoms with Crippen molar-refractivity contribution in [3.63, 3.8) is 0 Å². The molecule has 2 N–H and O–H groups in total. The molecule has 0 unspecified atom stereocenters. The van der Waals surface area contributed by atoms with Crippen molar-refractivity contribution in [2.45, 2.75) is 38.0 Å². The van der Waals surface area contributed by atoms with Crippen LogP contribution in [0.5, 0.6) is 0 Å². The molecule has 8 nitrogen and oxygen atoms in total. The van der Waals surface area contributed by atoms with Crippen LogP contribution in [-0.4, -0.2) is 33.4 Å². The largest absolute Gasteiger partial charge is 0.460 e. The summed E-state index contributed by atoms with van der Waals surface area (Å²) in [4.78, 5) is 13.5. The van der Waals surface area contributed by atoms with E-state index < -0.39 is 20.1 Å². The van der Waals surface area contributed by atoms with Crippen molar-refractivity contribution in [3.8, 4) is 11.1 Å². The Kier molecular flexibility index (Phi) is 7.27. The first-order chi connectivity index (χ1) is 17.4. The minimum atomic E-state index is -4.44. The first-order valence-corrected chi connectivity index (χ1v) is 15.0. The van der Waals surface area contributed by atoms with Crippen LogP contribution in [0.1, 0.15) is 47.0 Å². The third-order valence-electron chi connectivity index (χ3n) is 5.92. The van der Waals surface area contributed by atoms with E-state index in [1.165, 1.54) is 6.07 Å². The number of unbranched alkanes of at least 4 members (excludes halogenated alkanes) is 1. The number of hydrogen-bond acceptors (Lipinski definition) is 6. The molecule has 0 fully saturated rings. The van der Waals surface area contributed by atoms with Gasteiger partial charge in [0, 0.05) is 28.6 Å². The van der Waals surface area contributed by atoms with Crippen LogP contribution in [-0.2, 0) is 26.6 Å². The number of nitrogens with one attached hydrogen (secondary N) is 1. The first kappa shape index (κ1) is 26.6. The van der Waals surface area contributed by atoms with Crippen molar-refractivity contribution in [2.24, 2.45) is 0 Å². The highest BCUT2D eigenvalue weighted by atomic mass is 32.2. The molecule has 0 saturated carbocycles. The third kappa shape index (κ3) is 5.93. The molecule has 0 bridgehead atoms. The highest BCUT2D eigenvalue weighted by Gasteiger charge is 2.23. The Morgan fingerprint density at radius 3 is 2.30 bits per heavy atom. The van der Waals surface area contributed by atoms with Crippen LogP contribution in [0.2, 0.25) is 0 Å². The summed E-state index contributed by atoms with van der Waals surface area (Å²) in [6.45, 7) is 3.84. The van der Waals surface area contributed by atoms with Gasteiger partial charge in [-0.3, -0.25) is 14.1 Å². The second-order valence-electron chi connectivity index (χ2n) is 8.97. The van der Waals surface area contributed by atoms with Crippen LogP contribution < -0.4 is 4.72 Å². The van der Waals surface area contributed by atoms with E-state index in [2.05, 4.69) is 4.72 Å².